The molecule has 5 aliphatic rings. The van der Waals surface area contributed by atoms with Crippen LogP contribution in [0.15, 0.2) is 54.6 Å². The fraction of sp³-hybridized carbons (Fsp3) is 0.753. The molecule has 655 valence electrons. The largest absolute Gasteiger partial charge is 0.544 e. The zero-order valence-corrected chi connectivity index (χ0v) is 83.0. The smallest absolute Gasteiger partial charge is 0.432 e. The minimum absolute atomic E-state index is 0.0243. The molecular formula is C81H145B3N9O18Si6. The Labute approximate surface area is 707 Å². The quantitative estimate of drug-likeness (QED) is 0.0273. The maximum Gasteiger partial charge on any atom is 0.432 e. The molecule has 5 fully saturated rings. The molecule has 5 heterocycles. The van der Waals surface area contributed by atoms with Gasteiger partial charge in [-0.05, 0) is 152 Å². The van der Waals surface area contributed by atoms with E-state index in [4.69, 9.17) is 45.3 Å². The number of likely N-dealkylation sites (tertiary alicyclic amines) is 2. The van der Waals surface area contributed by atoms with Crippen LogP contribution < -0.4 is 36.3 Å². The second-order valence-electron chi connectivity index (χ2n) is 42.2. The number of amides is 8. The summed E-state index contributed by atoms with van der Waals surface area (Å²) in [6, 6.07) is 8.31. The number of alkyl carbamates (subject to hydrolysis) is 1. The molecule has 5 saturated heterocycles. The third-order valence-electron chi connectivity index (χ3n) is 26.5. The van der Waals surface area contributed by atoms with Crippen LogP contribution in [-0.2, 0) is 87.4 Å². The van der Waals surface area contributed by atoms with Crippen LogP contribution in [0, 0.1) is 5.92 Å². The topological polar surface area (TPSA) is 321 Å². The van der Waals surface area contributed by atoms with Crippen molar-refractivity contribution in [2.75, 3.05) is 39.2 Å². The van der Waals surface area contributed by atoms with E-state index in [0.717, 1.165) is 11.1 Å². The SMILES string of the molecule is CC(O[Si](C)(C)C(C)(C)C)[C@H](NC(=O)[C@@H](NC(=O)[C@@H]1C[C@@H](O[Si](C)(C)C(C)(C)C)CN1C(=O)[C@@H](NC(=O)[C@@H](CNC(=O)CNC(=O)OCc1ccccc1)NC1[B]O1)C(C)O[Si](C)(C)C(C)(C)C)[C@@H](Cc1ccc(O[Si](C)(C)C(C)(C)C)cc1)O[Si](C)(C)C(C)(C)C)C(=O)N1C[C@H](C)[C@H](O[Si](C)(C)C(C)(C)C)[C@H]1C(=O)N(B1CO1)B1CO1. The molecule has 117 heavy (non-hydrogen) atoms. The van der Waals surface area contributed by atoms with Gasteiger partial charge in [0.25, 0.3) is 0 Å². The second-order valence-corrected chi connectivity index (χ2v) is 70.7. The van der Waals surface area contributed by atoms with Crippen molar-refractivity contribution < 1.29 is 83.6 Å². The Kier molecular flexibility index (Phi) is 31.8. The zero-order valence-electron chi connectivity index (χ0n) is 77.0. The first-order valence-electron chi connectivity index (χ1n) is 42.0. The van der Waals surface area contributed by atoms with E-state index in [1.807, 2.05) is 62.5 Å². The van der Waals surface area contributed by atoms with Gasteiger partial charge in [-0.15, -0.1) is 0 Å². The van der Waals surface area contributed by atoms with E-state index < -0.39 is 206 Å². The van der Waals surface area contributed by atoms with Gasteiger partial charge in [-0.1, -0.05) is 174 Å². The number of ether oxygens (including phenoxy) is 1. The Morgan fingerprint density at radius 2 is 1.02 bits per heavy atom. The van der Waals surface area contributed by atoms with Crippen LogP contribution in [0.1, 0.15) is 163 Å². The Hall–Kier alpha value is -5.06. The van der Waals surface area contributed by atoms with Gasteiger partial charge in [0.15, 0.2) is 41.6 Å². The molecule has 3 unspecified atom stereocenters. The number of carbonyl (C=O) groups excluding carboxylic acids is 8. The maximum absolute atomic E-state index is 17.0. The number of nitrogens with zero attached hydrogens (tertiary/aromatic N) is 3. The molecule has 2 aromatic rings. The summed E-state index contributed by atoms with van der Waals surface area (Å²) >= 11 is 0. The van der Waals surface area contributed by atoms with Crippen LogP contribution >= 0.6 is 0 Å². The van der Waals surface area contributed by atoms with E-state index in [2.05, 4.69) is 222 Å². The first-order chi connectivity index (χ1) is 53.3. The Balaban J connectivity index is 1.38. The third kappa shape index (κ3) is 26.0. The van der Waals surface area contributed by atoms with Gasteiger partial charge in [-0.3, -0.25) is 38.9 Å². The molecule has 27 nitrogen and oxygen atoms in total. The summed E-state index contributed by atoms with van der Waals surface area (Å²) < 4.78 is 67.2. The highest BCUT2D eigenvalue weighted by Crippen LogP contribution is 2.46. The second kappa shape index (κ2) is 37.6. The van der Waals surface area contributed by atoms with Crippen molar-refractivity contribution in [1.82, 2.24) is 46.4 Å². The molecule has 6 N–H and O–H groups in total. The number of hydrogen-bond donors (Lipinski definition) is 6. The van der Waals surface area contributed by atoms with Crippen molar-refractivity contribution in [2.45, 2.75) is 347 Å². The lowest BCUT2D eigenvalue weighted by molar-refractivity contribution is -0.147. The molecule has 7 rings (SSSR count). The summed E-state index contributed by atoms with van der Waals surface area (Å²) in [5, 5.41) is 15.8. The molecule has 0 spiro atoms. The maximum atomic E-state index is 17.0. The van der Waals surface area contributed by atoms with Gasteiger partial charge in [0.1, 0.15) is 48.6 Å². The molecule has 0 bridgehead atoms. The van der Waals surface area contributed by atoms with Crippen LogP contribution in [-0.4, -0.2) is 246 Å². The minimum Gasteiger partial charge on any atom is -0.544 e. The standard InChI is InChI=1S/C81H145B3N9O18Si6/c1-52-47-92(66(67(52)111-117(32,33)81(19,20)21)73(100)93(83-50-103-83)84-51-104-84)72(99)64(54(3)107-113(24,25)77(7,8)9)89-70(97)65(61(110-116(30,31)80(16,17)18)43-55-39-41-57(42-40-55)108-114(26,27)78(10,11)12)90-69(96)60-44-58(109-115(28,29)79(13,14)15)48-91(60)71(98)63(53(2)106-112(22,23)76(4,5)6)88-68(95)59(87-74-82-105-74)45-85-62(94)46-86-75(101)102-49-56-37-35-34-36-38-56/h34-42,52-54,58-61,63-67,74,87H,43-51H2,1-33H3,(H,85,94)(H,86,101)(H,88,95)(H,89,97)(H,90,96)/t52-,53?,54?,58+,59+,60-,61+,63-,64-,65-,66-,67-,74?/m0/s1. The van der Waals surface area contributed by atoms with E-state index in [1.54, 1.807) is 35.6 Å². The molecule has 5 aliphatic heterocycles. The first kappa shape index (κ1) is 99.0. The Bertz CT molecular complexity index is 3770. The zero-order chi connectivity index (χ0) is 88.5. The highest BCUT2D eigenvalue weighted by Gasteiger charge is 2.61. The first-order valence-corrected chi connectivity index (χ1v) is 59.5. The molecule has 0 aliphatic carbocycles. The van der Waals surface area contributed by atoms with Crippen LogP contribution in [0.5, 0.6) is 5.75 Å². The lowest BCUT2D eigenvalue weighted by atomic mass is 9.75. The third-order valence-corrected chi connectivity index (χ3v) is 53.6. The molecule has 36 heteroatoms. The molecule has 2 aromatic carbocycles. The fourth-order valence-electron chi connectivity index (χ4n) is 12.7. The normalized spacial score (nSPS) is 21.6. The van der Waals surface area contributed by atoms with E-state index in [1.165, 1.54) is 12.4 Å². The van der Waals surface area contributed by atoms with Gasteiger partial charge in [0.05, 0.1) is 56.2 Å². The summed E-state index contributed by atoms with van der Waals surface area (Å²) in [7, 11) is -16.2. The minimum atomic E-state index is -3.05. The van der Waals surface area contributed by atoms with Gasteiger partial charge in [0.2, 0.25) is 49.7 Å². The Morgan fingerprint density at radius 3 is 1.49 bits per heavy atom. The van der Waals surface area contributed by atoms with Crippen LogP contribution in [0.25, 0.3) is 0 Å². The predicted molar refractivity (Wildman–Crippen MR) is 476 cm³/mol. The summed E-state index contributed by atoms with van der Waals surface area (Å²) in [4.78, 5) is 127. The average molecular weight is 1730 g/mol. The van der Waals surface area contributed by atoms with Crippen LogP contribution in [0.2, 0.25) is 109 Å². The van der Waals surface area contributed by atoms with Gasteiger partial charge in [0, 0.05) is 32.0 Å². The van der Waals surface area contributed by atoms with Gasteiger partial charge < -0.3 is 86.4 Å². The lowest BCUT2D eigenvalue weighted by Crippen LogP contribution is -2.66. The fourth-order valence-corrected chi connectivity index (χ4v) is 20.7. The summed E-state index contributed by atoms with van der Waals surface area (Å²) in [5.41, 5.74) is 1.49. The van der Waals surface area contributed by atoms with Gasteiger partial charge in [-0.25, -0.2) is 4.79 Å². The van der Waals surface area contributed by atoms with E-state index in [9.17, 15) is 9.59 Å². The van der Waals surface area contributed by atoms with Crippen molar-refractivity contribution in [3.63, 3.8) is 0 Å². The number of hydrogen-bond acceptors (Lipinski definition) is 19. The number of benzene rings is 2. The van der Waals surface area contributed by atoms with Gasteiger partial charge >= 0.3 is 27.7 Å². The highest BCUT2D eigenvalue weighted by atomic mass is 28.4. The molecule has 13 atom stereocenters. The van der Waals surface area contributed by atoms with Crippen molar-refractivity contribution >= 4 is 119 Å². The number of nitrogens with one attached hydrogen (secondary N) is 6. The summed E-state index contributed by atoms with van der Waals surface area (Å²) in [6.07, 6.45) is -6.33. The predicted octanol–water partition coefficient (Wildman–Crippen LogP) is 11.4. The lowest BCUT2D eigenvalue weighted by Gasteiger charge is -2.43. The van der Waals surface area contributed by atoms with Crippen LogP contribution in [0.4, 0.5) is 4.79 Å². The number of carbonyl (C=O) groups is 8. The monoisotopic (exact) mass is 1730 g/mol. The van der Waals surface area contributed by atoms with E-state index in [-0.39, 0.29) is 60.1 Å². The molecule has 1 radical (unpaired) electrons. The van der Waals surface area contributed by atoms with Crippen LogP contribution in [0.3, 0.4) is 0 Å². The summed E-state index contributed by atoms with van der Waals surface area (Å²) in [6.45, 7) is 68.2. The summed E-state index contributed by atoms with van der Waals surface area (Å²) in [5.74, 6) is -4.32. The average Bonchev–Trinajstić information content (AvgIpc) is 1.60. The molecule has 0 saturated carbocycles. The van der Waals surface area contributed by atoms with E-state index >= 15 is 28.8 Å². The molecule has 0 aromatic heterocycles. The molecule has 8 amide bonds. The highest BCUT2D eigenvalue weighted by molar-refractivity contribution is 6.78. The van der Waals surface area contributed by atoms with Crippen molar-refractivity contribution in [2.24, 2.45) is 5.92 Å². The van der Waals surface area contributed by atoms with E-state index in [0.29, 0.717) is 18.8 Å². The van der Waals surface area contributed by atoms with Crippen molar-refractivity contribution in [3.05, 3.63) is 65.7 Å². The van der Waals surface area contributed by atoms with Crippen molar-refractivity contribution in [1.29, 1.82) is 0 Å². The molecular weight excluding hydrogens is 1590 g/mol. The van der Waals surface area contributed by atoms with Gasteiger partial charge in [-0.2, -0.15) is 0 Å². The number of rotatable bonds is 36. The Morgan fingerprint density at radius 1 is 0.556 bits per heavy atom. The van der Waals surface area contributed by atoms with Crippen molar-refractivity contribution in [3.8, 4) is 5.75 Å².